The molecule has 1 N–H and O–H groups in total. The zero-order valence-electron chi connectivity index (χ0n) is 22.6. The number of benzene rings is 2. The van der Waals surface area contributed by atoms with Gasteiger partial charge < -0.3 is 24.1 Å². The van der Waals surface area contributed by atoms with E-state index in [2.05, 4.69) is 55.5 Å². The average molecular weight is 547 g/mol. The minimum absolute atomic E-state index is 0.0245. The lowest BCUT2D eigenvalue weighted by Gasteiger charge is -2.30. The van der Waals surface area contributed by atoms with E-state index < -0.39 is 29.6 Å². The molecule has 1 atom stereocenters. The van der Waals surface area contributed by atoms with Crippen LogP contribution in [0.1, 0.15) is 51.2 Å². The summed E-state index contributed by atoms with van der Waals surface area (Å²) in [7, 11) is 0. The Hall–Kier alpha value is -2.88. The topological polar surface area (TPSA) is 108 Å². The van der Waals surface area contributed by atoms with Crippen molar-refractivity contribution in [2.75, 3.05) is 26.4 Å². The van der Waals surface area contributed by atoms with Gasteiger partial charge in [-0.05, 0) is 76.8 Å². The van der Waals surface area contributed by atoms with Crippen molar-refractivity contribution in [3.8, 4) is 0 Å². The number of rotatable bonds is 16. The molecule has 8 nitrogen and oxygen atoms in total. The molecule has 0 aliphatic carbocycles. The maximum absolute atomic E-state index is 12.5. The third-order valence-electron chi connectivity index (χ3n) is 5.60. The maximum atomic E-state index is 12.5. The van der Waals surface area contributed by atoms with Crippen LogP contribution >= 0.6 is 11.8 Å². The van der Waals surface area contributed by atoms with Gasteiger partial charge in [0.25, 0.3) is 5.60 Å². The fraction of sp³-hybridized carbons (Fsp3) is 0.483. The zero-order chi connectivity index (χ0) is 28.0. The summed E-state index contributed by atoms with van der Waals surface area (Å²) < 4.78 is 20.2. The van der Waals surface area contributed by atoms with Crippen LogP contribution in [0.25, 0.3) is 0 Å². The van der Waals surface area contributed by atoms with Gasteiger partial charge in [-0.3, -0.25) is 0 Å². The lowest BCUT2D eigenvalue weighted by molar-refractivity contribution is -0.208. The van der Waals surface area contributed by atoms with E-state index in [1.165, 1.54) is 34.8 Å². The van der Waals surface area contributed by atoms with Gasteiger partial charge in [-0.1, -0.05) is 48.0 Å². The molecule has 2 aromatic rings. The predicted molar refractivity (Wildman–Crippen MR) is 144 cm³/mol. The molecular formula is C29H38O8S. The molecule has 2 rings (SSSR count). The van der Waals surface area contributed by atoms with Crippen LogP contribution in [0.2, 0.25) is 0 Å². The van der Waals surface area contributed by atoms with Gasteiger partial charge >= 0.3 is 17.9 Å². The van der Waals surface area contributed by atoms with Crippen molar-refractivity contribution >= 4 is 29.7 Å². The molecule has 0 aliphatic heterocycles. The van der Waals surface area contributed by atoms with E-state index in [1.54, 1.807) is 18.7 Å². The molecule has 0 heterocycles. The molecule has 38 heavy (non-hydrogen) atoms. The summed E-state index contributed by atoms with van der Waals surface area (Å²) in [5, 5.41) is 11.0. The van der Waals surface area contributed by atoms with Crippen LogP contribution in [-0.2, 0) is 39.8 Å². The molecule has 2 aromatic carbocycles. The van der Waals surface area contributed by atoms with E-state index in [0.717, 1.165) is 19.3 Å². The number of carbonyl (C=O) groups is 3. The molecule has 208 valence electrons. The number of carbonyl (C=O) groups excluding carboxylic acids is 3. The van der Waals surface area contributed by atoms with Gasteiger partial charge in [0.2, 0.25) is 6.10 Å². The second-order valence-corrected chi connectivity index (χ2v) is 9.73. The van der Waals surface area contributed by atoms with Crippen LogP contribution in [0.5, 0.6) is 0 Å². The molecule has 0 aliphatic rings. The number of esters is 3. The summed E-state index contributed by atoms with van der Waals surface area (Å²) in [6.07, 6.45) is 1.15. The van der Waals surface area contributed by atoms with Crippen molar-refractivity contribution < 1.29 is 38.4 Å². The van der Waals surface area contributed by atoms with Crippen molar-refractivity contribution in [2.24, 2.45) is 0 Å². The third kappa shape index (κ3) is 9.15. The van der Waals surface area contributed by atoms with Gasteiger partial charge in [-0.25, -0.2) is 14.4 Å². The first-order chi connectivity index (χ1) is 18.3. The van der Waals surface area contributed by atoms with Crippen LogP contribution in [0.15, 0.2) is 58.3 Å². The summed E-state index contributed by atoms with van der Waals surface area (Å²) >= 11 is 1.73. The summed E-state index contributed by atoms with van der Waals surface area (Å²) in [6.45, 7) is 6.45. The van der Waals surface area contributed by atoms with E-state index >= 15 is 0 Å². The lowest BCUT2D eigenvalue weighted by atomic mass is 9.96. The second kappa shape index (κ2) is 16.2. The first-order valence-electron chi connectivity index (χ1n) is 12.9. The highest BCUT2D eigenvalue weighted by Gasteiger charge is 2.58. The molecule has 0 radical (unpaired) electrons. The summed E-state index contributed by atoms with van der Waals surface area (Å²) in [5.41, 5.74) is -0.519. The molecular weight excluding hydrogens is 508 g/mol. The van der Waals surface area contributed by atoms with Gasteiger partial charge in [0.05, 0.1) is 19.8 Å². The van der Waals surface area contributed by atoms with E-state index in [0.29, 0.717) is 6.42 Å². The fourth-order valence-electron chi connectivity index (χ4n) is 3.71. The second-order valence-electron chi connectivity index (χ2n) is 8.58. The third-order valence-corrected chi connectivity index (χ3v) is 6.59. The van der Waals surface area contributed by atoms with Crippen molar-refractivity contribution in [1.82, 2.24) is 0 Å². The van der Waals surface area contributed by atoms with E-state index in [1.807, 2.05) is 0 Å². The summed E-state index contributed by atoms with van der Waals surface area (Å²) in [4.78, 5) is 39.9. The Morgan fingerprint density at radius 3 is 2.05 bits per heavy atom. The quantitative estimate of drug-likeness (QED) is 0.139. The van der Waals surface area contributed by atoms with E-state index in [-0.39, 0.29) is 26.4 Å². The van der Waals surface area contributed by atoms with Crippen molar-refractivity contribution in [3.05, 3.63) is 59.7 Å². The van der Waals surface area contributed by atoms with Gasteiger partial charge in [-0.2, -0.15) is 0 Å². The van der Waals surface area contributed by atoms with E-state index in [9.17, 15) is 19.5 Å². The van der Waals surface area contributed by atoms with Gasteiger partial charge in [0.15, 0.2) is 0 Å². The Labute approximate surface area is 229 Å². The predicted octanol–water partition coefficient (Wildman–Crippen LogP) is 4.66. The maximum Gasteiger partial charge on any atom is 0.353 e. The minimum atomic E-state index is -2.96. The fourth-order valence-corrected chi connectivity index (χ4v) is 4.64. The summed E-state index contributed by atoms with van der Waals surface area (Å²) in [6, 6.07) is 16.8. The van der Waals surface area contributed by atoms with E-state index in [4.69, 9.17) is 18.9 Å². The molecule has 0 bridgehead atoms. The normalized spacial score (nSPS) is 12.0. The Bertz CT molecular complexity index is 1020. The Kier molecular flexibility index (Phi) is 13.3. The Morgan fingerprint density at radius 1 is 0.842 bits per heavy atom. The number of hydrogen-bond donors (Lipinski definition) is 1. The van der Waals surface area contributed by atoms with Gasteiger partial charge in [0, 0.05) is 16.4 Å². The first-order valence-corrected chi connectivity index (χ1v) is 13.8. The van der Waals surface area contributed by atoms with Crippen LogP contribution in [0.3, 0.4) is 0 Å². The number of hydrogen-bond acceptors (Lipinski definition) is 9. The monoisotopic (exact) mass is 546 g/mol. The smallest absolute Gasteiger partial charge is 0.353 e. The van der Waals surface area contributed by atoms with Gasteiger partial charge in [-0.15, -0.1) is 0 Å². The standard InChI is InChI=1S/C29H38O8S/c1-5-34-26(30)25(29(33,27(31)35-6-2)28(32)36-7-3)37-19-10-8-9-13-22-15-17-23(18-16-22)38-24-14-11-12-21(4)20-24/h11-12,14-18,20,25,33H,5-10,13,19H2,1-4H3. The zero-order valence-corrected chi connectivity index (χ0v) is 23.4. The Morgan fingerprint density at radius 2 is 1.47 bits per heavy atom. The van der Waals surface area contributed by atoms with Gasteiger partial charge in [0.1, 0.15) is 0 Å². The molecule has 1 unspecified atom stereocenters. The number of unbranched alkanes of at least 4 members (excludes halogenated alkanes) is 2. The largest absolute Gasteiger partial charge is 0.464 e. The molecule has 0 aromatic heterocycles. The molecule has 0 saturated heterocycles. The Balaban J connectivity index is 1.90. The van der Waals surface area contributed by atoms with Crippen LogP contribution < -0.4 is 0 Å². The number of aryl methyl sites for hydroxylation is 2. The first kappa shape index (κ1) is 31.3. The SMILES string of the molecule is CCOC(=O)C(OCCCCCc1ccc(Sc2cccc(C)c2)cc1)C(O)(C(=O)OCC)C(=O)OCC. The van der Waals surface area contributed by atoms with Crippen LogP contribution in [-0.4, -0.2) is 61.1 Å². The molecule has 9 heteroatoms. The van der Waals surface area contributed by atoms with Crippen LogP contribution in [0.4, 0.5) is 0 Å². The van der Waals surface area contributed by atoms with Crippen LogP contribution in [0, 0.1) is 6.92 Å². The van der Waals surface area contributed by atoms with Crippen molar-refractivity contribution in [3.63, 3.8) is 0 Å². The minimum Gasteiger partial charge on any atom is -0.464 e. The number of ether oxygens (including phenoxy) is 4. The highest BCUT2D eigenvalue weighted by Crippen LogP contribution is 2.28. The number of aliphatic hydroxyl groups is 1. The van der Waals surface area contributed by atoms with Crippen molar-refractivity contribution in [1.29, 1.82) is 0 Å². The average Bonchev–Trinajstić information content (AvgIpc) is 2.89. The van der Waals surface area contributed by atoms with Crippen molar-refractivity contribution in [2.45, 2.75) is 74.9 Å². The highest BCUT2D eigenvalue weighted by atomic mass is 32.2. The molecule has 0 amide bonds. The lowest BCUT2D eigenvalue weighted by Crippen LogP contribution is -2.61. The molecule has 0 fully saturated rings. The molecule has 0 spiro atoms. The highest BCUT2D eigenvalue weighted by molar-refractivity contribution is 7.99. The summed E-state index contributed by atoms with van der Waals surface area (Å²) in [5.74, 6) is -3.68. The molecule has 0 saturated carbocycles.